The molecule has 1 atom stereocenters. The summed E-state index contributed by atoms with van der Waals surface area (Å²) in [4.78, 5) is 0. The van der Waals surface area contributed by atoms with E-state index >= 15 is 0 Å². The Morgan fingerprint density at radius 3 is 2.55 bits per heavy atom. The summed E-state index contributed by atoms with van der Waals surface area (Å²) in [7, 11) is 0. The van der Waals surface area contributed by atoms with E-state index in [0.29, 0.717) is 6.61 Å². The van der Waals surface area contributed by atoms with Crippen LogP contribution in [0.4, 0.5) is 0 Å². The number of ether oxygens (including phenoxy) is 1. The zero-order chi connectivity index (χ0) is 15.2. The molecule has 0 radical (unpaired) electrons. The van der Waals surface area contributed by atoms with Crippen LogP contribution in [0.3, 0.4) is 0 Å². The summed E-state index contributed by atoms with van der Waals surface area (Å²) >= 11 is 0. The maximum atomic E-state index is 9.37. The Morgan fingerprint density at radius 2 is 2.00 bits per heavy atom. The zero-order valence-corrected chi connectivity index (χ0v) is 13.5. The van der Waals surface area contributed by atoms with Crippen molar-refractivity contribution in [1.82, 2.24) is 5.32 Å². The quantitative estimate of drug-likeness (QED) is 0.806. The second-order valence-electron chi connectivity index (χ2n) is 6.39. The predicted octanol–water partition coefficient (Wildman–Crippen LogP) is 3.03. The minimum atomic E-state index is -0.0109. The molecule has 114 valence electrons. The van der Waals surface area contributed by atoms with E-state index in [1.165, 1.54) is 11.1 Å². The Bertz CT molecular complexity index is 410. The Morgan fingerprint density at radius 1 is 1.30 bits per heavy atom. The summed E-state index contributed by atoms with van der Waals surface area (Å²) in [6.45, 7) is 12.2. The minimum absolute atomic E-state index is 0.0109. The van der Waals surface area contributed by atoms with Crippen molar-refractivity contribution in [2.75, 3.05) is 19.8 Å². The molecule has 0 bridgehead atoms. The van der Waals surface area contributed by atoms with Crippen molar-refractivity contribution < 1.29 is 9.84 Å². The molecule has 0 aliphatic heterocycles. The van der Waals surface area contributed by atoms with Gasteiger partial charge in [-0.2, -0.15) is 0 Å². The first-order valence-electron chi connectivity index (χ1n) is 7.46. The van der Waals surface area contributed by atoms with Crippen molar-refractivity contribution in [3.63, 3.8) is 0 Å². The van der Waals surface area contributed by atoms with Crippen molar-refractivity contribution in [2.45, 2.75) is 52.5 Å². The molecule has 0 aliphatic rings. The molecule has 3 nitrogen and oxygen atoms in total. The third kappa shape index (κ3) is 5.14. The molecule has 0 spiro atoms. The first kappa shape index (κ1) is 17.0. The van der Waals surface area contributed by atoms with Gasteiger partial charge < -0.3 is 15.2 Å². The molecule has 0 aromatic heterocycles. The number of aliphatic hydroxyl groups is 1. The van der Waals surface area contributed by atoms with Gasteiger partial charge in [-0.15, -0.1) is 0 Å². The molecule has 0 heterocycles. The van der Waals surface area contributed by atoms with Gasteiger partial charge in [0.05, 0.1) is 12.6 Å². The van der Waals surface area contributed by atoms with Crippen LogP contribution < -0.4 is 10.1 Å². The lowest BCUT2D eigenvalue weighted by Gasteiger charge is -2.25. The van der Waals surface area contributed by atoms with Crippen LogP contribution in [-0.4, -0.2) is 30.9 Å². The van der Waals surface area contributed by atoms with Gasteiger partial charge in [0.1, 0.15) is 12.4 Å². The van der Waals surface area contributed by atoms with Gasteiger partial charge in [0, 0.05) is 0 Å². The average molecular weight is 279 g/mol. The lowest BCUT2D eigenvalue weighted by atomic mass is 9.86. The van der Waals surface area contributed by atoms with Gasteiger partial charge in [-0.05, 0) is 42.5 Å². The molecule has 0 amide bonds. The highest BCUT2D eigenvalue weighted by Gasteiger charge is 2.19. The predicted molar refractivity (Wildman–Crippen MR) is 84.5 cm³/mol. The highest BCUT2D eigenvalue weighted by atomic mass is 16.5. The van der Waals surface area contributed by atoms with Gasteiger partial charge >= 0.3 is 0 Å². The summed E-state index contributed by atoms with van der Waals surface area (Å²) < 4.78 is 5.97. The monoisotopic (exact) mass is 279 g/mol. The average Bonchev–Trinajstić information content (AvgIpc) is 2.37. The smallest absolute Gasteiger partial charge is 0.123 e. The molecule has 0 fully saturated rings. The minimum Gasteiger partial charge on any atom is -0.492 e. The Balaban J connectivity index is 2.78. The van der Waals surface area contributed by atoms with Crippen molar-refractivity contribution in [2.24, 2.45) is 0 Å². The fourth-order valence-corrected chi connectivity index (χ4v) is 2.08. The van der Waals surface area contributed by atoms with Gasteiger partial charge in [-0.25, -0.2) is 0 Å². The second kappa shape index (κ2) is 7.65. The summed E-state index contributed by atoms with van der Waals surface area (Å²) in [5.41, 5.74) is 2.44. The molecule has 1 unspecified atom stereocenters. The largest absolute Gasteiger partial charge is 0.492 e. The Kier molecular flexibility index (Phi) is 6.50. The van der Waals surface area contributed by atoms with Crippen LogP contribution in [0.15, 0.2) is 18.2 Å². The second-order valence-corrected chi connectivity index (χ2v) is 6.39. The fraction of sp³-hybridized carbons (Fsp3) is 0.647. The highest BCUT2D eigenvalue weighted by Crippen LogP contribution is 2.32. The number of hydrogen-bond acceptors (Lipinski definition) is 3. The molecule has 0 saturated carbocycles. The number of nitrogens with one attached hydrogen (secondary N) is 1. The Labute approximate surface area is 123 Å². The van der Waals surface area contributed by atoms with E-state index in [0.717, 1.165) is 18.7 Å². The third-order valence-electron chi connectivity index (χ3n) is 3.29. The van der Waals surface area contributed by atoms with Gasteiger partial charge in [0.15, 0.2) is 0 Å². The van der Waals surface area contributed by atoms with E-state index in [1.807, 2.05) is 0 Å². The van der Waals surface area contributed by atoms with Crippen molar-refractivity contribution >= 4 is 0 Å². The summed E-state index contributed by atoms with van der Waals surface area (Å²) in [6.07, 6.45) is 1.05. The van der Waals surface area contributed by atoms with Gasteiger partial charge in [0.2, 0.25) is 0 Å². The molecule has 1 rings (SSSR count). The van der Waals surface area contributed by atoms with Crippen molar-refractivity contribution in [1.29, 1.82) is 0 Å². The lowest BCUT2D eigenvalue weighted by molar-refractivity contribution is 0.181. The van der Waals surface area contributed by atoms with E-state index < -0.39 is 0 Å². The maximum absolute atomic E-state index is 9.37. The first-order chi connectivity index (χ1) is 9.38. The third-order valence-corrected chi connectivity index (χ3v) is 3.29. The van der Waals surface area contributed by atoms with Crippen molar-refractivity contribution in [3.05, 3.63) is 29.3 Å². The van der Waals surface area contributed by atoms with Crippen molar-refractivity contribution in [3.8, 4) is 5.75 Å². The van der Waals surface area contributed by atoms with Crippen LogP contribution in [0.25, 0.3) is 0 Å². The zero-order valence-electron chi connectivity index (χ0n) is 13.5. The fourth-order valence-electron chi connectivity index (χ4n) is 2.08. The highest BCUT2D eigenvalue weighted by molar-refractivity contribution is 5.41. The van der Waals surface area contributed by atoms with Crippen LogP contribution >= 0.6 is 0 Å². The Hall–Kier alpha value is -1.06. The molecule has 0 saturated heterocycles. The van der Waals surface area contributed by atoms with Crippen LogP contribution in [0.1, 0.15) is 45.2 Å². The molecule has 2 N–H and O–H groups in total. The molecule has 0 aliphatic carbocycles. The van der Waals surface area contributed by atoms with Gasteiger partial charge in [-0.1, -0.05) is 39.8 Å². The molecular formula is C17H29NO2. The topological polar surface area (TPSA) is 41.5 Å². The summed E-state index contributed by atoms with van der Waals surface area (Å²) in [5.74, 6) is 0.925. The van der Waals surface area contributed by atoms with Gasteiger partial charge in [-0.3, -0.25) is 0 Å². The number of aliphatic hydroxyl groups excluding tert-OH is 1. The number of aryl methyl sites for hydroxylation is 1. The van der Waals surface area contributed by atoms with E-state index in [1.54, 1.807) is 0 Å². The van der Waals surface area contributed by atoms with Crippen LogP contribution in [-0.2, 0) is 5.41 Å². The molecule has 1 aromatic rings. The van der Waals surface area contributed by atoms with Crippen LogP contribution in [0.5, 0.6) is 5.75 Å². The summed E-state index contributed by atoms with van der Waals surface area (Å²) in [5, 5.41) is 12.7. The van der Waals surface area contributed by atoms with E-state index in [4.69, 9.17) is 4.74 Å². The number of hydrogen-bond donors (Lipinski definition) is 2. The van der Waals surface area contributed by atoms with E-state index in [9.17, 15) is 5.11 Å². The van der Waals surface area contributed by atoms with Gasteiger partial charge in [0.25, 0.3) is 0 Å². The first-order valence-corrected chi connectivity index (χ1v) is 7.46. The summed E-state index contributed by atoms with van der Waals surface area (Å²) in [6, 6.07) is 6.32. The molecular weight excluding hydrogens is 250 g/mol. The standard InChI is InChI=1S/C17H29NO2/c1-6-9-18-14(11-19)12-20-16-10-13(2)7-8-15(16)17(3,4)5/h7-8,10,14,18-19H,6,9,11-12H2,1-5H3. The SMILES string of the molecule is CCCNC(CO)COc1cc(C)ccc1C(C)(C)C. The van der Waals surface area contributed by atoms with Crippen LogP contribution in [0, 0.1) is 6.92 Å². The molecule has 1 aromatic carbocycles. The van der Waals surface area contributed by atoms with E-state index in [2.05, 4.69) is 58.1 Å². The lowest BCUT2D eigenvalue weighted by Crippen LogP contribution is -2.38. The number of rotatable bonds is 7. The molecule has 3 heteroatoms. The normalized spacial score (nSPS) is 13.3. The maximum Gasteiger partial charge on any atom is 0.123 e. The van der Waals surface area contributed by atoms with Crippen LogP contribution in [0.2, 0.25) is 0 Å². The van der Waals surface area contributed by atoms with E-state index in [-0.39, 0.29) is 18.1 Å². The molecule has 20 heavy (non-hydrogen) atoms. The number of benzene rings is 1.